The van der Waals surface area contributed by atoms with Gasteiger partial charge in [-0.2, -0.15) is 0 Å². The summed E-state index contributed by atoms with van der Waals surface area (Å²) in [4.78, 5) is 4.40. The summed E-state index contributed by atoms with van der Waals surface area (Å²) < 4.78 is 0. The second kappa shape index (κ2) is 5.66. The molecular formula is C19H19NO. The van der Waals surface area contributed by atoms with Crippen LogP contribution in [0.4, 0.5) is 0 Å². The molecule has 1 atom stereocenters. The highest BCUT2D eigenvalue weighted by molar-refractivity contribution is 5.85. The van der Waals surface area contributed by atoms with E-state index in [9.17, 15) is 5.11 Å². The monoisotopic (exact) mass is 277 g/mol. The molecule has 106 valence electrons. The first-order valence-electron chi connectivity index (χ1n) is 7.23. The maximum absolute atomic E-state index is 10.5. The van der Waals surface area contributed by atoms with E-state index < -0.39 is 6.10 Å². The number of aliphatic hydroxyl groups excluding tert-OH is 1. The fraction of sp³-hybridized carbons (Fsp3) is 0.211. The number of benzene rings is 2. The smallest absolute Gasteiger partial charge is 0.100 e. The van der Waals surface area contributed by atoms with Crippen LogP contribution in [0.5, 0.6) is 0 Å². The van der Waals surface area contributed by atoms with Gasteiger partial charge in [-0.15, -0.1) is 0 Å². The zero-order chi connectivity index (χ0) is 14.8. The fourth-order valence-corrected chi connectivity index (χ4v) is 2.85. The second-order valence-corrected chi connectivity index (χ2v) is 5.57. The normalized spacial score (nSPS) is 12.5. The number of aliphatic hydroxyl groups is 1. The van der Waals surface area contributed by atoms with Crippen LogP contribution in [0.3, 0.4) is 0 Å². The molecule has 2 heteroatoms. The summed E-state index contributed by atoms with van der Waals surface area (Å²) in [6.07, 6.45) is 1.82. The highest BCUT2D eigenvalue weighted by Gasteiger charge is 2.14. The van der Waals surface area contributed by atoms with E-state index in [2.05, 4.69) is 35.3 Å². The predicted molar refractivity (Wildman–Crippen MR) is 86.3 cm³/mol. The third-order valence-corrected chi connectivity index (χ3v) is 3.86. The Morgan fingerprint density at radius 1 is 1.05 bits per heavy atom. The van der Waals surface area contributed by atoms with E-state index in [1.165, 1.54) is 10.8 Å². The van der Waals surface area contributed by atoms with Crippen molar-refractivity contribution >= 4 is 10.8 Å². The molecule has 1 unspecified atom stereocenters. The molecule has 0 fully saturated rings. The molecule has 0 amide bonds. The lowest BCUT2D eigenvalue weighted by Crippen LogP contribution is -2.07. The molecule has 0 saturated heterocycles. The lowest BCUT2D eigenvalue weighted by atomic mass is 9.97. The van der Waals surface area contributed by atoms with Gasteiger partial charge < -0.3 is 5.11 Å². The van der Waals surface area contributed by atoms with Crippen LogP contribution in [-0.4, -0.2) is 10.1 Å². The van der Waals surface area contributed by atoms with Gasteiger partial charge in [0.1, 0.15) is 6.10 Å². The van der Waals surface area contributed by atoms with E-state index in [1.54, 1.807) is 0 Å². The molecule has 1 N–H and O–H groups in total. The molecule has 0 aliphatic rings. The number of hydrogen-bond donors (Lipinski definition) is 1. The van der Waals surface area contributed by atoms with Crippen molar-refractivity contribution in [3.05, 3.63) is 77.1 Å². The first-order valence-corrected chi connectivity index (χ1v) is 7.23. The van der Waals surface area contributed by atoms with Crippen LogP contribution in [0.1, 0.15) is 28.5 Å². The molecule has 0 aliphatic carbocycles. The molecule has 0 aliphatic heterocycles. The van der Waals surface area contributed by atoms with E-state index in [-0.39, 0.29) is 0 Å². The zero-order valence-electron chi connectivity index (χ0n) is 12.4. The molecule has 21 heavy (non-hydrogen) atoms. The number of nitrogens with zero attached hydrogens (tertiary/aromatic N) is 1. The van der Waals surface area contributed by atoms with Crippen molar-refractivity contribution in [2.45, 2.75) is 26.4 Å². The minimum absolute atomic E-state index is 0.573. The molecule has 0 saturated carbocycles. The van der Waals surface area contributed by atoms with E-state index in [4.69, 9.17) is 0 Å². The number of aromatic nitrogens is 1. The maximum atomic E-state index is 10.5. The molecule has 3 rings (SSSR count). The Kier molecular flexibility index (Phi) is 3.72. The number of hydrogen-bond acceptors (Lipinski definition) is 2. The van der Waals surface area contributed by atoms with Crippen molar-refractivity contribution in [3.8, 4) is 0 Å². The van der Waals surface area contributed by atoms with Gasteiger partial charge in [-0.05, 0) is 41.3 Å². The summed E-state index contributed by atoms with van der Waals surface area (Å²) in [5.74, 6) is 0. The molecule has 0 radical (unpaired) electrons. The molecule has 1 aromatic heterocycles. The molecule has 0 spiro atoms. The van der Waals surface area contributed by atoms with Crippen molar-refractivity contribution in [2.75, 3.05) is 0 Å². The third kappa shape index (κ3) is 2.81. The summed E-state index contributed by atoms with van der Waals surface area (Å²) >= 11 is 0. The maximum Gasteiger partial charge on any atom is 0.100 e. The predicted octanol–water partition coefficient (Wildman–Crippen LogP) is 4.13. The van der Waals surface area contributed by atoms with E-state index in [0.29, 0.717) is 6.42 Å². The quantitative estimate of drug-likeness (QED) is 0.781. The van der Waals surface area contributed by atoms with Crippen LogP contribution in [0.25, 0.3) is 10.8 Å². The van der Waals surface area contributed by atoms with Gasteiger partial charge in [0.15, 0.2) is 0 Å². The van der Waals surface area contributed by atoms with Crippen molar-refractivity contribution < 1.29 is 5.11 Å². The van der Waals surface area contributed by atoms with Crippen LogP contribution in [0, 0.1) is 13.8 Å². The van der Waals surface area contributed by atoms with Gasteiger partial charge in [-0.1, -0.05) is 48.5 Å². The summed E-state index contributed by atoms with van der Waals surface area (Å²) in [5, 5.41) is 12.9. The highest BCUT2D eigenvalue weighted by atomic mass is 16.3. The summed E-state index contributed by atoms with van der Waals surface area (Å²) in [7, 11) is 0. The largest absolute Gasteiger partial charge is 0.386 e. The van der Waals surface area contributed by atoms with E-state index >= 15 is 0 Å². The molecule has 2 aromatic carbocycles. The standard InChI is InChI=1S/C19H19NO/c1-13-10-14(2)19(20-12-13)18(21)11-16-8-5-7-15-6-3-4-9-17(15)16/h3-10,12,18,21H,11H2,1-2H3. The summed E-state index contributed by atoms with van der Waals surface area (Å²) in [5.41, 5.74) is 4.09. The molecule has 3 aromatic rings. The summed E-state index contributed by atoms with van der Waals surface area (Å²) in [6, 6.07) is 16.6. The highest BCUT2D eigenvalue weighted by Crippen LogP contribution is 2.25. The van der Waals surface area contributed by atoms with Crippen molar-refractivity contribution in [3.63, 3.8) is 0 Å². The number of fused-ring (bicyclic) bond motifs is 1. The van der Waals surface area contributed by atoms with E-state index in [0.717, 1.165) is 22.4 Å². The fourth-order valence-electron chi connectivity index (χ4n) is 2.85. The van der Waals surface area contributed by atoms with Gasteiger partial charge in [-0.25, -0.2) is 0 Å². The number of pyridine rings is 1. The van der Waals surface area contributed by atoms with Gasteiger partial charge in [0, 0.05) is 12.6 Å². The van der Waals surface area contributed by atoms with E-state index in [1.807, 2.05) is 38.2 Å². The number of rotatable bonds is 3. The Labute approximate surface area is 125 Å². The van der Waals surface area contributed by atoms with Gasteiger partial charge in [0.25, 0.3) is 0 Å². The van der Waals surface area contributed by atoms with Gasteiger partial charge in [-0.3, -0.25) is 4.98 Å². The molecular weight excluding hydrogens is 258 g/mol. The third-order valence-electron chi connectivity index (χ3n) is 3.86. The average molecular weight is 277 g/mol. The molecule has 2 nitrogen and oxygen atoms in total. The van der Waals surface area contributed by atoms with Crippen LogP contribution >= 0.6 is 0 Å². The Hall–Kier alpha value is -2.19. The average Bonchev–Trinajstić information content (AvgIpc) is 2.47. The van der Waals surface area contributed by atoms with Gasteiger partial charge in [0.05, 0.1) is 5.69 Å². The first kappa shape index (κ1) is 13.8. The van der Waals surface area contributed by atoms with Crippen LogP contribution in [0.2, 0.25) is 0 Å². The van der Waals surface area contributed by atoms with Crippen molar-refractivity contribution in [1.82, 2.24) is 4.98 Å². The Morgan fingerprint density at radius 2 is 1.81 bits per heavy atom. The SMILES string of the molecule is Cc1cnc(C(O)Cc2cccc3ccccc23)c(C)c1. The van der Waals surface area contributed by atoms with Crippen molar-refractivity contribution in [2.24, 2.45) is 0 Å². The second-order valence-electron chi connectivity index (χ2n) is 5.57. The zero-order valence-corrected chi connectivity index (χ0v) is 12.4. The van der Waals surface area contributed by atoms with Gasteiger partial charge in [0.2, 0.25) is 0 Å². The molecule has 0 bridgehead atoms. The van der Waals surface area contributed by atoms with Crippen LogP contribution in [-0.2, 0) is 6.42 Å². The molecule has 1 heterocycles. The lowest BCUT2D eigenvalue weighted by Gasteiger charge is -2.14. The Balaban J connectivity index is 1.94. The van der Waals surface area contributed by atoms with Crippen LogP contribution in [0.15, 0.2) is 54.7 Å². The lowest BCUT2D eigenvalue weighted by molar-refractivity contribution is 0.173. The number of aryl methyl sites for hydroxylation is 2. The minimum atomic E-state index is -0.573. The Bertz CT molecular complexity index is 774. The topological polar surface area (TPSA) is 33.1 Å². The minimum Gasteiger partial charge on any atom is -0.386 e. The van der Waals surface area contributed by atoms with Crippen molar-refractivity contribution in [1.29, 1.82) is 0 Å². The Morgan fingerprint density at radius 3 is 2.62 bits per heavy atom. The first-order chi connectivity index (χ1) is 10.1. The van der Waals surface area contributed by atoms with Crippen LogP contribution < -0.4 is 0 Å². The van der Waals surface area contributed by atoms with Gasteiger partial charge >= 0.3 is 0 Å². The summed E-state index contributed by atoms with van der Waals surface area (Å²) in [6.45, 7) is 4.02.